The summed E-state index contributed by atoms with van der Waals surface area (Å²) in [4.78, 5) is 23.6. The number of hydrogen-bond donors (Lipinski definition) is 1. The monoisotopic (exact) mass is 385 g/mol. The third-order valence-electron chi connectivity index (χ3n) is 5.17. The van der Waals surface area contributed by atoms with Gasteiger partial charge >= 0.3 is 12.1 Å². The number of methoxy groups -OCH3 is 1. The van der Waals surface area contributed by atoms with Crippen LogP contribution in [0.3, 0.4) is 0 Å². The summed E-state index contributed by atoms with van der Waals surface area (Å²) >= 11 is 0. The number of alkyl carbamates (subject to hydrolysis) is 1. The van der Waals surface area contributed by atoms with Crippen molar-refractivity contribution in [1.82, 2.24) is 5.32 Å². The van der Waals surface area contributed by atoms with Gasteiger partial charge in [0.1, 0.15) is 6.04 Å². The van der Waals surface area contributed by atoms with E-state index in [1.54, 1.807) is 0 Å². The molecule has 0 aromatic rings. The van der Waals surface area contributed by atoms with Gasteiger partial charge in [-0.15, -0.1) is 0 Å². The van der Waals surface area contributed by atoms with Gasteiger partial charge in [0, 0.05) is 0 Å². The normalized spacial score (nSPS) is 13.0. The average molecular weight is 386 g/mol. The van der Waals surface area contributed by atoms with E-state index in [0.717, 1.165) is 19.3 Å². The maximum atomic E-state index is 12.2. The lowest BCUT2D eigenvalue weighted by Gasteiger charge is -2.21. The van der Waals surface area contributed by atoms with Crippen molar-refractivity contribution in [3.8, 4) is 0 Å². The minimum absolute atomic E-state index is 0.0126. The van der Waals surface area contributed by atoms with Gasteiger partial charge in [-0.3, -0.25) is 0 Å². The summed E-state index contributed by atoms with van der Waals surface area (Å²) in [5.41, 5.74) is 0. The van der Waals surface area contributed by atoms with Gasteiger partial charge in [-0.2, -0.15) is 0 Å². The van der Waals surface area contributed by atoms with Crippen LogP contribution in [0.4, 0.5) is 4.79 Å². The highest BCUT2D eigenvalue weighted by atomic mass is 16.5. The first-order valence-corrected chi connectivity index (χ1v) is 11.1. The van der Waals surface area contributed by atoms with Gasteiger partial charge in [0.2, 0.25) is 0 Å². The van der Waals surface area contributed by atoms with Crippen LogP contribution in [0.1, 0.15) is 104 Å². The Morgan fingerprint density at radius 3 is 1.74 bits per heavy atom. The molecule has 1 N–H and O–H groups in total. The Hall–Kier alpha value is -1.26. The molecule has 0 aliphatic rings. The van der Waals surface area contributed by atoms with Gasteiger partial charge in [-0.1, -0.05) is 97.8 Å². The van der Waals surface area contributed by atoms with Crippen molar-refractivity contribution >= 4 is 12.1 Å². The molecule has 0 bridgehead atoms. The lowest BCUT2D eigenvalue weighted by molar-refractivity contribution is -0.147. The summed E-state index contributed by atoms with van der Waals surface area (Å²) in [7, 11) is 1.29. The van der Waals surface area contributed by atoms with Crippen molar-refractivity contribution in [3.05, 3.63) is 0 Å². The van der Waals surface area contributed by atoms with Gasteiger partial charge in [-0.05, 0) is 12.3 Å². The highest BCUT2D eigenvalue weighted by Crippen LogP contribution is 2.13. The molecule has 1 unspecified atom stereocenters. The largest absolute Gasteiger partial charge is 0.464 e. The molecule has 0 radical (unpaired) electrons. The van der Waals surface area contributed by atoms with Gasteiger partial charge < -0.3 is 14.8 Å². The van der Waals surface area contributed by atoms with Crippen LogP contribution in [-0.4, -0.2) is 31.8 Å². The predicted molar refractivity (Wildman–Crippen MR) is 111 cm³/mol. The van der Waals surface area contributed by atoms with Crippen molar-refractivity contribution < 1.29 is 19.1 Å². The zero-order valence-electron chi connectivity index (χ0n) is 18.2. The standard InChI is InChI=1S/C22H43NO4/c1-5-7-8-9-10-11-12-13-14-15-16-17-18-27-21(24)20(19(3)6-2)23-22(25)26-4/h19-20H,5-18H2,1-4H3,(H,23,25)/t19?,20-/m0/s1. The molecule has 27 heavy (non-hydrogen) atoms. The van der Waals surface area contributed by atoms with Crippen molar-refractivity contribution in [1.29, 1.82) is 0 Å². The molecule has 1 amide bonds. The molecule has 0 saturated carbocycles. The van der Waals surface area contributed by atoms with E-state index in [1.807, 2.05) is 13.8 Å². The van der Waals surface area contributed by atoms with Crippen LogP contribution in [0.25, 0.3) is 0 Å². The van der Waals surface area contributed by atoms with E-state index in [2.05, 4.69) is 17.0 Å². The summed E-state index contributed by atoms with van der Waals surface area (Å²) < 4.78 is 9.95. The van der Waals surface area contributed by atoms with E-state index < -0.39 is 12.1 Å². The third kappa shape index (κ3) is 14.5. The van der Waals surface area contributed by atoms with E-state index in [0.29, 0.717) is 6.61 Å². The molecular formula is C22H43NO4. The Labute approximate surface area is 167 Å². The van der Waals surface area contributed by atoms with Crippen molar-refractivity contribution in [2.24, 2.45) is 5.92 Å². The number of carbonyl (C=O) groups is 2. The van der Waals surface area contributed by atoms with Crippen LogP contribution in [0, 0.1) is 5.92 Å². The molecule has 0 aromatic carbocycles. The summed E-state index contributed by atoms with van der Waals surface area (Å²) in [5.74, 6) is -0.351. The van der Waals surface area contributed by atoms with Crippen LogP contribution in [0.15, 0.2) is 0 Å². The highest BCUT2D eigenvalue weighted by molar-refractivity contribution is 5.81. The summed E-state index contributed by atoms with van der Waals surface area (Å²) in [6, 6.07) is -0.639. The van der Waals surface area contributed by atoms with Crippen LogP contribution in [0.5, 0.6) is 0 Å². The fourth-order valence-electron chi connectivity index (χ4n) is 3.06. The Morgan fingerprint density at radius 2 is 1.30 bits per heavy atom. The number of esters is 1. The molecule has 0 aliphatic carbocycles. The van der Waals surface area contributed by atoms with Gasteiger partial charge in [0.15, 0.2) is 0 Å². The number of unbranched alkanes of at least 4 members (excludes halogenated alkanes) is 11. The number of nitrogens with one attached hydrogen (secondary N) is 1. The Balaban J connectivity index is 3.66. The van der Waals surface area contributed by atoms with Gasteiger partial charge in [-0.25, -0.2) is 9.59 Å². The smallest absolute Gasteiger partial charge is 0.407 e. The summed E-state index contributed by atoms with van der Waals surface area (Å²) in [6.45, 7) is 6.58. The zero-order valence-corrected chi connectivity index (χ0v) is 18.2. The molecule has 160 valence electrons. The minimum Gasteiger partial charge on any atom is -0.464 e. The third-order valence-corrected chi connectivity index (χ3v) is 5.17. The molecule has 0 spiro atoms. The first-order valence-electron chi connectivity index (χ1n) is 11.1. The lowest BCUT2D eigenvalue weighted by Crippen LogP contribution is -2.46. The van der Waals surface area contributed by atoms with Crippen LogP contribution in [0.2, 0.25) is 0 Å². The molecule has 0 aliphatic heterocycles. The second-order valence-electron chi connectivity index (χ2n) is 7.56. The van der Waals surface area contributed by atoms with E-state index in [1.165, 1.54) is 71.3 Å². The molecule has 0 aromatic heterocycles. The van der Waals surface area contributed by atoms with Crippen molar-refractivity contribution in [3.63, 3.8) is 0 Å². The van der Waals surface area contributed by atoms with E-state index in [9.17, 15) is 9.59 Å². The zero-order chi connectivity index (χ0) is 20.3. The fourth-order valence-corrected chi connectivity index (χ4v) is 3.06. The number of hydrogen-bond acceptors (Lipinski definition) is 4. The van der Waals surface area contributed by atoms with Crippen LogP contribution in [-0.2, 0) is 14.3 Å². The minimum atomic E-state index is -0.639. The second-order valence-corrected chi connectivity index (χ2v) is 7.56. The van der Waals surface area contributed by atoms with Crippen LogP contribution >= 0.6 is 0 Å². The molecule has 0 rings (SSSR count). The number of rotatable bonds is 17. The molecule has 0 fully saturated rings. The molecule has 0 heterocycles. The summed E-state index contributed by atoms with van der Waals surface area (Å²) in [6.07, 6.45) is 15.5. The Kier molecular flexibility index (Phi) is 17.3. The molecule has 2 atom stereocenters. The predicted octanol–water partition coefficient (Wildman–Crippen LogP) is 6.00. The molecule has 0 saturated heterocycles. The average Bonchev–Trinajstić information content (AvgIpc) is 2.68. The van der Waals surface area contributed by atoms with Crippen molar-refractivity contribution in [2.75, 3.05) is 13.7 Å². The number of ether oxygens (including phenoxy) is 2. The van der Waals surface area contributed by atoms with Crippen molar-refractivity contribution in [2.45, 2.75) is 110 Å². The molecular weight excluding hydrogens is 342 g/mol. The molecule has 5 nitrogen and oxygen atoms in total. The SMILES string of the molecule is CCCCCCCCCCCCCCOC(=O)[C@@H](NC(=O)OC)C(C)CC. The lowest BCUT2D eigenvalue weighted by atomic mass is 9.99. The van der Waals surface area contributed by atoms with Gasteiger partial charge in [0.25, 0.3) is 0 Å². The molecule has 5 heteroatoms. The number of carbonyl (C=O) groups excluding carboxylic acids is 2. The highest BCUT2D eigenvalue weighted by Gasteiger charge is 2.27. The van der Waals surface area contributed by atoms with E-state index in [4.69, 9.17) is 4.74 Å². The van der Waals surface area contributed by atoms with Crippen LogP contribution < -0.4 is 5.32 Å². The first-order chi connectivity index (χ1) is 13.1. The number of amides is 1. The summed E-state index contributed by atoms with van der Waals surface area (Å²) in [5, 5.41) is 2.58. The van der Waals surface area contributed by atoms with E-state index in [-0.39, 0.29) is 11.9 Å². The topological polar surface area (TPSA) is 64.6 Å². The van der Waals surface area contributed by atoms with E-state index >= 15 is 0 Å². The maximum Gasteiger partial charge on any atom is 0.407 e. The Bertz CT molecular complexity index is 373. The fraction of sp³-hybridized carbons (Fsp3) is 0.909. The first kappa shape index (κ1) is 25.7. The second kappa shape index (κ2) is 18.1. The Morgan fingerprint density at radius 1 is 0.815 bits per heavy atom. The quantitative estimate of drug-likeness (QED) is 0.246. The maximum absolute atomic E-state index is 12.2. The van der Waals surface area contributed by atoms with Gasteiger partial charge in [0.05, 0.1) is 13.7 Å².